The molecule has 1 saturated heterocycles. The zero-order valence-electron chi connectivity index (χ0n) is 15.4. The van der Waals surface area contributed by atoms with E-state index in [2.05, 4.69) is 41.4 Å². The number of nitrogens with zero attached hydrogens (tertiary/aromatic N) is 1. The van der Waals surface area contributed by atoms with Crippen LogP contribution in [0.5, 0.6) is 0 Å². The Hall–Kier alpha value is -2.21. The summed E-state index contributed by atoms with van der Waals surface area (Å²) in [4.78, 5) is 2.43. The fourth-order valence-corrected chi connectivity index (χ4v) is 3.25. The number of nitrogens with one attached hydrogen (secondary N) is 2. The van der Waals surface area contributed by atoms with Crippen LogP contribution < -0.4 is 11.1 Å². The first kappa shape index (κ1) is 18.6. The van der Waals surface area contributed by atoms with Crippen molar-refractivity contribution in [2.75, 3.05) is 39.3 Å². The van der Waals surface area contributed by atoms with Crippen molar-refractivity contribution in [3.05, 3.63) is 59.2 Å². The second kappa shape index (κ2) is 8.94. The summed E-state index contributed by atoms with van der Waals surface area (Å²) in [6.45, 7) is 8.78. The number of piperazine rings is 1. The predicted molar refractivity (Wildman–Crippen MR) is 107 cm³/mol. The molecule has 0 aromatic heterocycles. The standard InChI is InChI=1S/C21H28N4O/c1-16-5-6-19(21(22)23)14-20(16)18-4-2-3-17(13-18)15-26-12-11-25-9-7-24-8-10-25/h2-6,13-14,24H,7-12,15H2,1H3,(H3,22,23). The van der Waals surface area contributed by atoms with Gasteiger partial charge >= 0.3 is 0 Å². The Labute approximate surface area is 155 Å². The molecule has 5 heteroatoms. The maximum Gasteiger partial charge on any atom is 0.122 e. The van der Waals surface area contributed by atoms with Crippen LogP contribution in [0.1, 0.15) is 16.7 Å². The Morgan fingerprint density at radius 3 is 2.77 bits per heavy atom. The fourth-order valence-electron chi connectivity index (χ4n) is 3.25. The number of nitrogen functional groups attached to an aromatic ring is 1. The van der Waals surface area contributed by atoms with E-state index in [-0.39, 0.29) is 5.84 Å². The quantitative estimate of drug-likeness (QED) is 0.406. The minimum absolute atomic E-state index is 0.0960. The van der Waals surface area contributed by atoms with E-state index in [1.54, 1.807) is 0 Å². The molecule has 0 spiro atoms. The van der Waals surface area contributed by atoms with Gasteiger partial charge in [-0.1, -0.05) is 30.3 Å². The second-order valence-corrected chi connectivity index (χ2v) is 6.79. The molecule has 1 aliphatic rings. The van der Waals surface area contributed by atoms with Gasteiger partial charge in [-0.25, -0.2) is 0 Å². The summed E-state index contributed by atoms with van der Waals surface area (Å²) < 4.78 is 5.89. The fraction of sp³-hybridized carbons (Fsp3) is 0.381. The van der Waals surface area contributed by atoms with E-state index < -0.39 is 0 Å². The van der Waals surface area contributed by atoms with E-state index in [1.165, 1.54) is 5.56 Å². The third-order valence-corrected chi connectivity index (χ3v) is 4.82. The number of ether oxygens (including phenoxy) is 1. The largest absolute Gasteiger partial charge is 0.384 e. The topological polar surface area (TPSA) is 74.4 Å². The summed E-state index contributed by atoms with van der Waals surface area (Å²) in [5.41, 5.74) is 11.0. The van der Waals surface area contributed by atoms with Gasteiger partial charge in [-0.05, 0) is 41.3 Å². The van der Waals surface area contributed by atoms with E-state index >= 15 is 0 Å². The number of rotatable bonds is 7. The monoisotopic (exact) mass is 352 g/mol. The zero-order chi connectivity index (χ0) is 18.4. The van der Waals surface area contributed by atoms with Gasteiger partial charge in [-0.2, -0.15) is 0 Å². The van der Waals surface area contributed by atoms with E-state index in [0.717, 1.165) is 61.6 Å². The molecule has 4 N–H and O–H groups in total. The molecular formula is C21H28N4O. The van der Waals surface area contributed by atoms with Crippen molar-refractivity contribution in [3.63, 3.8) is 0 Å². The molecule has 1 fully saturated rings. The van der Waals surface area contributed by atoms with Crippen LogP contribution in [0.3, 0.4) is 0 Å². The molecule has 0 amide bonds. The van der Waals surface area contributed by atoms with Gasteiger partial charge in [0.05, 0.1) is 13.2 Å². The Balaban J connectivity index is 1.61. The average molecular weight is 352 g/mol. The number of hydrogen-bond acceptors (Lipinski definition) is 4. The molecule has 138 valence electrons. The number of nitrogens with two attached hydrogens (primary N) is 1. The van der Waals surface area contributed by atoms with E-state index in [0.29, 0.717) is 6.61 Å². The third kappa shape index (κ3) is 4.91. The average Bonchev–Trinajstić information content (AvgIpc) is 2.66. The van der Waals surface area contributed by atoms with Gasteiger partial charge in [0, 0.05) is 38.3 Å². The van der Waals surface area contributed by atoms with Crippen molar-refractivity contribution in [2.45, 2.75) is 13.5 Å². The first-order chi connectivity index (χ1) is 12.6. The van der Waals surface area contributed by atoms with Gasteiger partial charge in [0.1, 0.15) is 5.84 Å². The van der Waals surface area contributed by atoms with Gasteiger partial charge < -0.3 is 15.8 Å². The second-order valence-electron chi connectivity index (χ2n) is 6.79. The van der Waals surface area contributed by atoms with Crippen molar-refractivity contribution < 1.29 is 4.74 Å². The highest BCUT2D eigenvalue weighted by molar-refractivity contribution is 5.96. The van der Waals surface area contributed by atoms with Crippen LogP contribution in [0.25, 0.3) is 11.1 Å². The lowest BCUT2D eigenvalue weighted by Gasteiger charge is -2.26. The molecule has 2 aromatic carbocycles. The van der Waals surface area contributed by atoms with Gasteiger partial charge in [0.25, 0.3) is 0 Å². The zero-order valence-corrected chi connectivity index (χ0v) is 15.4. The smallest absolute Gasteiger partial charge is 0.122 e. The Kier molecular flexibility index (Phi) is 6.39. The lowest BCUT2D eigenvalue weighted by atomic mass is 9.96. The first-order valence-electron chi connectivity index (χ1n) is 9.18. The molecule has 0 bridgehead atoms. The normalized spacial score (nSPS) is 15.1. The summed E-state index contributed by atoms with van der Waals surface area (Å²) in [7, 11) is 0. The van der Waals surface area contributed by atoms with Crippen molar-refractivity contribution >= 4 is 5.84 Å². The number of benzene rings is 2. The first-order valence-corrected chi connectivity index (χ1v) is 9.18. The molecule has 0 saturated carbocycles. The third-order valence-electron chi connectivity index (χ3n) is 4.82. The number of hydrogen-bond donors (Lipinski definition) is 3. The van der Waals surface area contributed by atoms with Crippen LogP contribution >= 0.6 is 0 Å². The Bertz CT molecular complexity index is 753. The van der Waals surface area contributed by atoms with Crippen molar-refractivity contribution in [3.8, 4) is 11.1 Å². The highest BCUT2D eigenvalue weighted by Gasteiger charge is 2.09. The van der Waals surface area contributed by atoms with Crippen molar-refractivity contribution in [2.24, 2.45) is 5.73 Å². The lowest BCUT2D eigenvalue weighted by molar-refractivity contribution is 0.0886. The maximum absolute atomic E-state index is 7.65. The van der Waals surface area contributed by atoms with Crippen LogP contribution in [-0.4, -0.2) is 50.1 Å². The summed E-state index contributed by atoms with van der Waals surface area (Å²) in [5, 5.41) is 11.0. The molecule has 3 rings (SSSR count). The molecule has 26 heavy (non-hydrogen) atoms. The SMILES string of the molecule is Cc1ccc(C(=N)N)cc1-c1cccc(COCCN2CCNCC2)c1. The van der Waals surface area contributed by atoms with Crippen LogP contribution in [-0.2, 0) is 11.3 Å². The molecule has 0 aliphatic carbocycles. The molecule has 5 nitrogen and oxygen atoms in total. The van der Waals surface area contributed by atoms with Crippen LogP contribution in [0.15, 0.2) is 42.5 Å². The number of aryl methyl sites for hydroxylation is 1. The molecule has 0 atom stereocenters. The van der Waals surface area contributed by atoms with Crippen molar-refractivity contribution in [1.29, 1.82) is 5.41 Å². The molecule has 1 aliphatic heterocycles. The highest BCUT2D eigenvalue weighted by atomic mass is 16.5. The van der Waals surface area contributed by atoms with E-state index in [4.69, 9.17) is 15.9 Å². The van der Waals surface area contributed by atoms with Gasteiger partial charge in [-0.3, -0.25) is 10.3 Å². The van der Waals surface area contributed by atoms with Gasteiger partial charge in [0.2, 0.25) is 0 Å². The van der Waals surface area contributed by atoms with Crippen molar-refractivity contribution in [1.82, 2.24) is 10.2 Å². The summed E-state index contributed by atoms with van der Waals surface area (Å²) in [5.74, 6) is 0.0960. The lowest BCUT2D eigenvalue weighted by Crippen LogP contribution is -2.44. The van der Waals surface area contributed by atoms with Crippen LogP contribution in [0.4, 0.5) is 0 Å². The molecule has 0 radical (unpaired) electrons. The molecule has 0 unspecified atom stereocenters. The molecule has 2 aromatic rings. The van der Waals surface area contributed by atoms with E-state index in [1.807, 2.05) is 18.2 Å². The van der Waals surface area contributed by atoms with Gasteiger partial charge in [0.15, 0.2) is 0 Å². The summed E-state index contributed by atoms with van der Waals surface area (Å²) in [6, 6.07) is 14.3. The maximum atomic E-state index is 7.65. The highest BCUT2D eigenvalue weighted by Crippen LogP contribution is 2.25. The van der Waals surface area contributed by atoms with Crippen LogP contribution in [0.2, 0.25) is 0 Å². The molecular weight excluding hydrogens is 324 g/mol. The van der Waals surface area contributed by atoms with Gasteiger partial charge in [-0.15, -0.1) is 0 Å². The predicted octanol–water partition coefficient (Wildman–Crippen LogP) is 2.37. The Morgan fingerprint density at radius 2 is 2.00 bits per heavy atom. The van der Waals surface area contributed by atoms with Crippen LogP contribution in [0, 0.1) is 12.3 Å². The molecule has 1 heterocycles. The minimum atomic E-state index is 0.0960. The summed E-state index contributed by atoms with van der Waals surface area (Å²) in [6.07, 6.45) is 0. The minimum Gasteiger partial charge on any atom is -0.384 e. The summed E-state index contributed by atoms with van der Waals surface area (Å²) >= 11 is 0. The number of amidine groups is 1. The van der Waals surface area contributed by atoms with E-state index in [9.17, 15) is 0 Å². The Morgan fingerprint density at radius 1 is 1.19 bits per heavy atom.